The number of hydrogen-bond acceptors (Lipinski definition) is 9. The molecule has 6 atom stereocenters. The molecule has 0 radical (unpaired) electrons. The van der Waals surface area contributed by atoms with Gasteiger partial charge in [-0.3, -0.25) is 9.69 Å². The minimum absolute atomic E-state index is 0.00377. The number of aliphatic hydroxyl groups is 3. The molecule has 340 valence electrons. The monoisotopic (exact) mass is 834 g/mol. The van der Waals surface area contributed by atoms with Gasteiger partial charge in [0.05, 0.1) is 13.2 Å². The molecule has 0 bridgehead atoms. The Morgan fingerprint density at radius 1 is 0.712 bits per heavy atom. The molecule has 1 saturated heterocycles. The molecule has 1 aromatic rings. The van der Waals surface area contributed by atoms with E-state index in [0.29, 0.717) is 12.8 Å². The van der Waals surface area contributed by atoms with Gasteiger partial charge in [0, 0.05) is 6.54 Å². The van der Waals surface area contributed by atoms with Crippen LogP contribution in [0.1, 0.15) is 181 Å². The number of nitrogens with one attached hydrogen (secondary N) is 2. The predicted molar refractivity (Wildman–Crippen MR) is 234 cm³/mol. The van der Waals surface area contributed by atoms with Crippen LogP contribution in [0.2, 0.25) is 0 Å². The summed E-state index contributed by atoms with van der Waals surface area (Å²) in [4.78, 5) is 42.1. The molecule has 5 N–H and O–H groups in total. The van der Waals surface area contributed by atoms with Crippen LogP contribution in [0.25, 0.3) is 0 Å². The first-order chi connectivity index (χ1) is 28.6. The molecule has 0 saturated carbocycles. The number of hydrogen-bond donors (Lipinski definition) is 5. The number of unbranched alkanes of at least 4 members (excludes halogenated alkanes) is 20. The summed E-state index contributed by atoms with van der Waals surface area (Å²) >= 11 is 0. The number of ether oxygens (including phenoxy) is 3. The number of carbonyl (C=O) groups is 3. The first-order valence-corrected chi connectivity index (χ1v) is 23.5. The van der Waals surface area contributed by atoms with Crippen molar-refractivity contribution in [1.29, 1.82) is 0 Å². The summed E-state index contributed by atoms with van der Waals surface area (Å²) < 4.78 is 17.3. The van der Waals surface area contributed by atoms with E-state index in [1.165, 1.54) is 94.8 Å². The van der Waals surface area contributed by atoms with Gasteiger partial charge in [-0.15, -0.1) is 0 Å². The number of nitrogens with zero attached hydrogens (tertiary/aromatic N) is 1. The van der Waals surface area contributed by atoms with Crippen LogP contribution in [0.4, 0.5) is 9.59 Å². The highest BCUT2D eigenvalue weighted by Crippen LogP contribution is 2.26. The van der Waals surface area contributed by atoms with E-state index in [2.05, 4.69) is 24.5 Å². The zero-order chi connectivity index (χ0) is 43.1. The lowest BCUT2D eigenvalue weighted by molar-refractivity contribution is -0.226. The summed E-state index contributed by atoms with van der Waals surface area (Å²) in [5.41, 5.74) is 0.790. The van der Waals surface area contributed by atoms with E-state index in [1.54, 1.807) is 0 Å². The van der Waals surface area contributed by atoms with Gasteiger partial charge in [0.15, 0.2) is 6.23 Å². The quantitative estimate of drug-likeness (QED) is 0.0434. The van der Waals surface area contributed by atoms with Gasteiger partial charge in [0.25, 0.3) is 0 Å². The van der Waals surface area contributed by atoms with Crippen LogP contribution in [0.15, 0.2) is 30.3 Å². The van der Waals surface area contributed by atoms with Crippen molar-refractivity contribution in [1.82, 2.24) is 15.5 Å². The summed E-state index contributed by atoms with van der Waals surface area (Å²) in [6.07, 6.45) is 18.4. The summed E-state index contributed by atoms with van der Waals surface area (Å²) in [6, 6.07) is 6.85. The van der Waals surface area contributed by atoms with Crippen molar-refractivity contribution in [3.8, 4) is 0 Å². The molecular weight excluding hydrogens is 751 g/mol. The second-order valence-electron chi connectivity index (χ2n) is 17.0. The molecule has 1 fully saturated rings. The second-order valence-corrected chi connectivity index (χ2v) is 17.0. The van der Waals surface area contributed by atoms with Crippen molar-refractivity contribution in [3.63, 3.8) is 0 Å². The van der Waals surface area contributed by atoms with Gasteiger partial charge in [-0.25, -0.2) is 9.59 Å². The molecule has 59 heavy (non-hydrogen) atoms. The highest BCUT2D eigenvalue weighted by molar-refractivity contribution is 5.86. The SMILES string of the molecule is CCCCCCCCCCCCCCN(C(=O)OCCCCCCCCCCCC)[C@@H]1O[C@H](CO)[C@@H](O)[C@H](O)[C@H]1NC(=O)[C@H](CC(C)C)NC(=O)OCc1ccccc1. The molecule has 1 heterocycles. The topological polar surface area (TPSA) is 167 Å². The number of benzene rings is 1. The van der Waals surface area contributed by atoms with E-state index in [1.807, 2.05) is 44.2 Å². The molecule has 3 amide bonds. The Morgan fingerprint density at radius 2 is 1.22 bits per heavy atom. The van der Waals surface area contributed by atoms with Gasteiger partial charge in [-0.05, 0) is 30.7 Å². The lowest BCUT2D eigenvalue weighted by atomic mass is 9.94. The maximum absolute atomic E-state index is 13.9. The number of aliphatic hydroxyl groups excluding tert-OH is 3. The standard InChI is InChI=1S/C47H83N3O9/c1-5-7-9-11-13-15-17-18-19-21-23-28-32-50(47(56)57-33-29-24-22-20-16-14-12-10-8-6-2)45-41(43(53)42(52)40(35-51)59-45)49-44(54)39(34-37(3)4)48-46(55)58-36-38-30-26-25-27-31-38/h25-27,30-31,37,39-43,45,51-53H,5-24,28-29,32-36H2,1-4H3,(H,48,55)(H,49,54)/t39-,40+,41+,42+,43+,45+/m0/s1. The van der Waals surface area contributed by atoms with Crippen LogP contribution in [-0.2, 0) is 25.6 Å². The van der Waals surface area contributed by atoms with Gasteiger partial charge in [-0.1, -0.05) is 186 Å². The van der Waals surface area contributed by atoms with Gasteiger partial charge in [-0.2, -0.15) is 0 Å². The Balaban J connectivity index is 2.12. The zero-order valence-corrected chi connectivity index (χ0v) is 37.3. The van der Waals surface area contributed by atoms with Crippen molar-refractivity contribution in [2.45, 2.75) is 219 Å². The third-order valence-corrected chi connectivity index (χ3v) is 11.3. The van der Waals surface area contributed by atoms with Crippen molar-refractivity contribution in [3.05, 3.63) is 35.9 Å². The fraction of sp³-hybridized carbons (Fsp3) is 0.809. The Labute approximate surface area is 356 Å². The Hall–Kier alpha value is -2.93. The summed E-state index contributed by atoms with van der Waals surface area (Å²) in [6.45, 7) is 8.13. The van der Waals surface area contributed by atoms with Crippen LogP contribution in [0.5, 0.6) is 0 Å². The summed E-state index contributed by atoms with van der Waals surface area (Å²) in [5, 5.41) is 38.0. The molecule has 0 spiro atoms. The highest BCUT2D eigenvalue weighted by Gasteiger charge is 2.49. The van der Waals surface area contributed by atoms with Crippen molar-refractivity contribution >= 4 is 18.1 Å². The molecule has 0 aliphatic carbocycles. The molecule has 1 aliphatic rings. The summed E-state index contributed by atoms with van der Waals surface area (Å²) in [5.74, 6) is -0.636. The van der Waals surface area contributed by atoms with Crippen LogP contribution in [-0.4, -0.2) is 94.7 Å². The second kappa shape index (κ2) is 32.8. The van der Waals surface area contributed by atoms with Crippen molar-refractivity contribution < 1.29 is 43.9 Å². The average Bonchev–Trinajstić information content (AvgIpc) is 3.22. The van der Waals surface area contributed by atoms with E-state index in [-0.39, 0.29) is 32.1 Å². The van der Waals surface area contributed by atoms with Gasteiger partial charge >= 0.3 is 12.2 Å². The lowest BCUT2D eigenvalue weighted by Gasteiger charge is -2.46. The molecule has 0 unspecified atom stereocenters. The lowest BCUT2D eigenvalue weighted by Crippen LogP contribution is -2.70. The third-order valence-electron chi connectivity index (χ3n) is 11.3. The maximum atomic E-state index is 13.9. The fourth-order valence-electron chi connectivity index (χ4n) is 7.67. The van der Waals surface area contributed by atoms with Crippen LogP contribution in [0, 0.1) is 5.92 Å². The van der Waals surface area contributed by atoms with Crippen molar-refractivity contribution in [2.24, 2.45) is 5.92 Å². The fourth-order valence-corrected chi connectivity index (χ4v) is 7.67. The van der Waals surface area contributed by atoms with E-state index in [4.69, 9.17) is 14.2 Å². The Kier molecular flexibility index (Phi) is 29.0. The largest absolute Gasteiger partial charge is 0.449 e. The average molecular weight is 834 g/mol. The van der Waals surface area contributed by atoms with Crippen LogP contribution < -0.4 is 10.6 Å². The first kappa shape index (κ1) is 52.2. The molecule has 1 aromatic carbocycles. The van der Waals surface area contributed by atoms with E-state index >= 15 is 0 Å². The maximum Gasteiger partial charge on any atom is 0.411 e. The predicted octanol–water partition coefficient (Wildman–Crippen LogP) is 9.31. The van der Waals surface area contributed by atoms with Gasteiger partial charge in [0.2, 0.25) is 5.91 Å². The van der Waals surface area contributed by atoms with E-state index in [0.717, 1.165) is 44.1 Å². The minimum atomic E-state index is -1.60. The molecule has 0 aromatic heterocycles. The number of amides is 3. The third kappa shape index (κ3) is 22.5. The zero-order valence-electron chi connectivity index (χ0n) is 37.3. The Morgan fingerprint density at radius 3 is 1.73 bits per heavy atom. The van der Waals surface area contributed by atoms with Crippen LogP contribution in [0.3, 0.4) is 0 Å². The molecule has 2 rings (SSSR count). The smallest absolute Gasteiger partial charge is 0.411 e. The number of rotatable bonds is 33. The molecular formula is C47H83N3O9. The first-order valence-electron chi connectivity index (χ1n) is 23.5. The Bertz CT molecular complexity index is 1220. The van der Waals surface area contributed by atoms with Crippen molar-refractivity contribution in [2.75, 3.05) is 19.8 Å². The highest BCUT2D eigenvalue weighted by atomic mass is 16.6. The minimum Gasteiger partial charge on any atom is -0.449 e. The van der Waals surface area contributed by atoms with Gasteiger partial charge in [0.1, 0.15) is 37.0 Å². The number of carbonyl (C=O) groups excluding carboxylic acids is 3. The summed E-state index contributed by atoms with van der Waals surface area (Å²) in [7, 11) is 0. The molecule has 1 aliphatic heterocycles. The molecule has 12 nitrogen and oxygen atoms in total. The van der Waals surface area contributed by atoms with E-state index < -0.39 is 61.3 Å². The normalized spacial score (nSPS) is 19.6. The van der Waals surface area contributed by atoms with E-state index in [9.17, 15) is 29.7 Å². The van der Waals surface area contributed by atoms with Crippen LogP contribution >= 0.6 is 0 Å². The van der Waals surface area contributed by atoms with Gasteiger partial charge < -0.3 is 40.2 Å². The number of alkyl carbamates (subject to hydrolysis) is 1. The molecule has 12 heteroatoms.